The van der Waals surface area contributed by atoms with Crippen molar-refractivity contribution in [1.29, 1.82) is 0 Å². The summed E-state index contributed by atoms with van der Waals surface area (Å²) in [5, 5.41) is 0. The van der Waals surface area contributed by atoms with Crippen molar-refractivity contribution in [1.82, 2.24) is 0 Å². The average molecular weight is 194 g/mol. The van der Waals surface area contributed by atoms with Crippen LogP contribution in [0, 0.1) is 0 Å². The summed E-state index contributed by atoms with van der Waals surface area (Å²) in [4.78, 5) is 0. The van der Waals surface area contributed by atoms with Crippen molar-refractivity contribution in [2.24, 2.45) is 0 Å². The van der Waals surface area contributed by atoms with E-state index in [4.69, 9.17) is 0 Å². The summed E-state index contributed by atoms with van der Waals surface area (Å²) in [5.41, 5.74) is 1.16. The third-order valence-electron chi connectivity index (χ3n) is 1.65. The van der Waals surface area contributed by atoms with Gasteiger partial charge >= 0.3 is 0 Å². The summed E-state index contributed by atoms with van der Waals surface area (Å²) in [6.45, 7) is 3.62. The van der Waals surface area contributed by atoms with E-state index in [0.29, 0.717) is 6.16 Å². The second kappa shape index (κ2) is 4.43. The Hall–Kier alpha value is -0.810. The van der Waals surface area contributed by atoms with Gasteiger partial charge in [0, 0.05) is 6.16 Å². The molecule has 0 saturated carbocycles. The Kier molecular flexibility index (Phi) is 3.50. The lowest BCUT2D eigenvalue weighted by Crippen LogP contribution is -1.79. The molecule has 0 spiro atoms. The molecule has 0 bridgehead atoms. The van der Waals surface area contributed by atoms with E-state index in [9.17, 15) is 4.57 Å². The molecule has 2 heteroatoms. The van der Waals surface area contributed by atoms with Gasteiger partial charge in [0.05, 0.1) is 7.14 Å². The van der Waals surface area contributed by atoms with Crippen LogP contribution in [-0.2, 0) is 4.57 Å². The van der Waals surface area contributed by atoms with E-state index in [-0.39, 0.29) is 0 Å². The number of benzene rings is 1. The van der Waals surface area contributed by atoms with E-state index in [0.717, 1.165) is 5.56 Å². The molecule has 1 aromatic rings. The highest BCUT2D eigenvalue weighted by Crippen LogP contribution is 2.35. The standard InChI is InChI=1S/C11H15OP/c1-13(2,12)10-6-9-11-7-4-3-5-8-11/h3-9H,10H2,1-2H3/b9-6+. The van der Waals surface area contributed by atoms with Gasteiger partial charge in [0.2, 0.25) is 0 Å². The molecule has 0 N–H and O–H groups in total. The van der Waals surface area contributed by atoms with Gasteiger partial charge in [-0.25, -0.2) is 0 Å². The fourth-order valence-corrected chi connectivity index (χ4v) is 1.62. The van der Waals surface area contributed by atoms with E-state index in [1.807, 2.05) is 55.8 Å². The van der Waals surface area contributed by atoms with Crippen molar-refractivity contribution >= 4 is 13.2 Å². The zero-order valence-electron chi connectivity index (χ0n) is 8.10. The molecule has 13 heavy (non-hydrogen) atoms. The quantitative estimate of drug-likeness (QED) is 0.674. The Balaban J connectivity index is 2.56. The van der Waals surface area contributed by atoms with Gasteiger partial charge < -0.3 is 4.57 Å². The van der Waals surface area contributed by atoms with Crippen molar-refractivity contribution in [2.45, 2.75) is 0 Å². The van der Waals surface area contributed by atoms with Crippen molar-refractivity contribution in [2.75, 3.05) is 19.5 Å². The molecule has 0 aliphatic rings. The first kappa shape index (κ1) is 10.3. The van der Waals surface area contributed by atoms with Crippen LogP contribution in [0.2, 0.25) is 0 Å². The van der Waals surface area contributed by atoms with Gasteiger partial charge in [-0.2, -0.15) is 0 Å². The van der Waals surface area contributed by atoms with Crippen LogP contribution in [0.1, 0.15) is 5.56 Å². The van der Waals surface area contributed by atoms with Crippen molar-refractivity contribution in [3.05, 3.63) is 42.0 Å². The summed E-state index contributed by atoms with van der Waals surface area (Å²) in [7, 11) is -1.89. The van der Waals surface area contributed by atoms with Crippen LogP contribution in [0.25, 0.3) is 6.08 Å². The Morgan fingerprint density at radius 1 is 1.23 bits per heavy atom. The number of allylic oxidation sites excluding steroid dienone is 1. The minimum absolute atomic E-state index is 0.682. The van der Waals surface area contributed by atoms with E-state index < -0.39 is 7.14 Å². The molecule has 0 atom stereocenters. The van der Waals surface area contributed by atoms with Crippen molar-refractivity contribution in [3.8, 4) is 0 Å². The van der Waals surface area contributed by atoms with Gasteiger partial charge in [-0.05, 0) is 18.9 Å². The summed E-state index contributed by atoms with van der Waals surface area (Å²) >= 11 is 0. The minimum Gasteiger partial charge on any atom is -0.324 e. The van der Waals surface area contributed by atoms with Crippen LogP contribution >= 0.6 is 7.14 Å². The maximum Gasteiger partial charge on any atom is 0.0855 e. The zero-order valence-corrected chi connectivity index (χ0v) is 9.00. The molecular weight excluding hydrogens is 179 g/mol. The van der Waals surface area contributed by atoms with Gasteiger partial charge in [0.15, 0.2) is 0 Å². The molecule has 1 nitrogen and oxygen atoms in total. The zero-order chi connectivity index (χ0) is 9.73. The summed E-state index contributed by atoms with van der Waals surface area (Å²) in [6, 6.07) is 10.1. The van der Waals surface area contributed by atoms with Crippen molar-refractivity contribution < 1.29 is 4.57 Å². The minimum atomic E-state index is -1.89. The molecule has 1 rings (SSSR count). The van der Waals surface area contributed by atoms with E-state index in [2.05, 4.69) is 0 Å². The fraction of sp³-hybridized carbons (Fsp3) is 0.273. The second-order valence-electron chi connectivity index (χ2n) is 3.57. The summed E-state index contributed by atoms with van der Waals surface area (Å²) in [5.74, 6) is 0. The molecule has 70 valence electrons. The van der Waals surface area contributed by atoms with Gasteiger partial charge in [-0.3, -0.25) is 0 Å². The van der Waals surface area contributed by atoms with Crippen LogP contribution in [0.15, 0.2) is 36.4 Å². The Bertz CT molecular complexity index is 321. The van der Waals surface area contributed by atoms with E-state index in [1.54, 1.807) is 0 Å². The maximum atomic E-state index is 11.4. The number of hydrogen-bond acceptors (Lipinski definition) is 1. The largest absolute Gasteiger partial charge is 0.324 e. The molecule has 0 radical (unpaired) electrons. The highest BCUT2D eigenvalue weighted by atomic mass is 31.2. The van der Waals surface area contributed by atoms with Gasteiger partial charge in [-0.15, -0.1) is 0 Å². The van der Waals surface area contributed by atoms with Crippen molar-refractivity contribution in [3.63, 3.8) is 0 Å². The Morgan fingerprint density at radius 2 is 1.85 bits per heavy atom. The fourth-order valence-electron chi connectivity index (χ4n) is 1.01. The number of hydrogen-bond donors (Lipinski definition) is 0. The first-order chi connectivity index (χ1) is 6.08. The molecule has 0 aliphatic heterocycles. The lowest BCUT2D eigenvalue weighted by molar-refractivity contribution is 0.584. The second-order valence-corrected chi connectivity index (χ2v) is 7.08. The molecule has 0 saturated heterocycles. The van der Waals surface area contributed by atoms with Gasteiger partial charge in [-0.1, -0.05) is 42.5 Å². The lowest BCUT2D eigenvalue weighted by Gasteiger charge is -1.99. The summed E-state index contributed by atoms with van der Waals surface area (Å²) in [6.07, 6.45) is 4.68. The molecule has 0 unspecified atom stereocenters. The van der Waals surface area contributed by atoms with Crippen LogP contribution in [0.4, 0.5) is 0 Å². The predicted octanol–water partition coefficient (Wildman–Crippen LogP) is 3.32. The van der Waals surface area contributed by atoms with Gasteiger partial charge in [0.25, 0.3) is 0 Å². The first-order valence-corrected chi connectivity index (χ1v) is 7.12. The number of rotatable bonds is 3. The van der Waals surface area contributed by atoms with E-state index >= 15 is 0 Å². The molecule has 0 amide bonds. The Labute approximate surface area is 79.9 Å². The molecular formula is C11H15OP. The predicted molar refractivity (Wildman–Crippen MR) is 59.8 cm³/mol. The molecule has 1 aromatic carbocycles. The molecule has 0 fully saturated rings. The molecule has 0 heterocycles. The van der Waals surface area contributed by atoms with Crippen LogP contribution < -0.4 is 0 Å². The first-order valence-electron chi connectivity index (χ1n) is 4.33. The normalized spacial score (nSPS) is 12.2. The smallest absolute Gasteiger partial charge is 0.0855 e. The van der Waals surface area contributed by atoms with Crippen LogP contribution in [-0.4, -0.2) is 19.5 Å². The average Bonchev–Trinajstić information content (AvgIpc) is 2.04. The lowest BCUT2D eigenvalue weighted by atomic mass is 10.2. The third kappa shape index (κ3) is 4.69. The highest BCUT2D eigenvalue weighted by Gasteiger charge is 2.01. The van der Waals surface area contributed by atoms with Gasteiger partial charge in [0.1, 0.15) is 0 Å². The maximum absolute atomic E-state index is 11.4. The molecule has 0 aliphatic carbocycles. The highest BCUT2D eigenvalue weighted by molar-refractivity contribution is 7.62. The monoisotopic (exact) mass is 194 g/mol. The molecule has 0 aromatic heterocycles. The van der Waals surface area contributed by atoms with E-state index in [1.165, 1.54) is 0 Å². The summed E-state index contributed by atoms with van der Waals surface area (Å²) < 4.78 is 11.4. The Morgan fingerprint density at radius 3 is 2.38 bits per heavy atom. The third-order valence-corrected chi connectivity index (χ3v) is 2.75. The SMILES string of the molecule is CP(C)(=O)C/C=C/c1ccccc1. The van der Waals surface area contributed by atoms with Crippen LogP contribution in [0.5, 0.6) is 0 Å². The topological polar surface area (TPSA) is 17.1 Å². The van der Waals surface area contributed by atoms with Crippen LogP contribution in [0.3, 0.4) is 0 Å².